The van der Waals surface area contributed by atoms with Gasteiger partial charge in [-0.2, -0.15) is 11.8 Å². The van der Waals surface area contributed by atoms with Crippen LogP contribution >= 0.6 is 11.8 Å². The van der Waals surface area contributed by atoms with Crippen molar-refractivity contribution < 1.29 is 4.74 Å². The molecule has 3 aliphatic rings. The molecule has 0 fully saturated rings. The molecule has 24 heavy (non-hydrogen) atoms. The highest BCUT2D eigenvalue weighted by Gasteiger charge is 2.27. The summed E-state index contributed by atoms with van der Waals surface area (Å²) in [7, 11) is 0. The number of hydrogen-bond acceptors (Lipinski definition) is 2. The first-order chi connectivity index (χ1) is 11.7. The van der Waals surface area contributed by atoms with E-state index < -0.39 is 0 Å². The van der Waals surface area contributed by atoms with E-state index in [1.165, 1.54) is 65.7 Å². The minimum Gasteiger partial charge on any atom is -0.493 e. The van der Waals surface area contributed by atoms with Crippen LogP contribution in [0.25, 0.3) is 11.1 Å². The monoisotopic (exact) mass is 342 g/mol. The highest BCUT2D eigenvalue weighted by Crippen LogP contribution is 2.49. The third kappa shape index (κ3) is 3.74. The Labute approximate surface area is 151 Å². The molecule has 0 N–H and O–H groups in total. The number of fused-ring (bicyclic) bond motifs is 3. The van der Waals surface area contributed by atoms with E-state index in [2.05, 4.69) is 45.0 Å². The second-order valence-electron chi connectivity index (χ2n) is 7.19. The fraction of sp³-hybridized carbons (Fsp3) is 0.545. The van der Waals surface area contributed by atoms with Crippen molar-refractivity contribution in [2.24, 2.45) is 0 Å². The van der Waals surface area contributed by atoms with Crippen molar-refractivity contribution in [3.05, 3.63) is 41.0 Å². The predicted molar refractivity (Wildman–Crippen MR) is 106 cm³/mol. The minimum atomic E-state index is 0.562. The molecule has 1 nitrogen and oxygen atoms in total. The molecule has 1 heterocycles. The lowest BCUT2D eigenvalue weighted by atomic mass is 10.1. The Bertz CT molecular complexity index is 647. The van der Waals surface area contributed by atoms with Crippen molar-refractivity contribution in [3.63, 3.8) is 0 Å². The molecule has 0 spiro atoms. The third-order valence-electron chi connectivity index (χ3n) is 5.04. The normalized spacial score (nSPS) is 13.7. The van der Waals surface area contributed by atoms with E-state index >= 15 is 0 Å². The van der Waals surface area contributed by atoms with Gasteiger partial charge in [0.1, 0.15) is 5.75 Å². The van der Waals surface area contributed by atoms with Gasteiger partial charge in [0.2, 0.25) is 0 Å². The smallest absolute Gasteiger partial charge is 0.131 e. The summed E-state index contributed by atoms with van der Waals surface area (Å²) < 4.78 is 6.31. The van der Waals surface area contributed by atoms with Gasteiger partial charge in [0.05, 0.1) is 6.61 Å². The van der Waals surface area contributed by atoms with Gasteiger partial charge in [0.25, 0.3) is 0 Å². The maximum atomic E-state index is 6.31. The average Bonchev–Trinajstić information content (AvgIpc) is 3.05. The Kier molecular flexibility index (Phi) is 6.10. The predicted octanol–water partition coefficient (Wildman–Crippen LogP) is 7.01. The molecule has 0 aromatic heterocycles. The SMILES string of the molecule is CCCCCCCOc1c2ccc(C(C)C)ccc-2c2c1CSC2. The fourth-order valence-corrected chi connectivity index (χ4v) is 4.67. The largest absolute Gasteiger partial charge is 0.493 e. The van der Waals surface area contributed by atoms with Crippen molar-refractivity contribution in [3.8, 4) is 16.9 Å². The molecular weight excluding hydrogens is 312 g/mol. The first kappa shape index (κ1) is 17.7. The molecule has 0 aromatic rings. The average molecular weight is 343 g/mol. The van der Waals surface area contributed by atoms with Gasteiger partial charge >= 0.3 is 0 Å². The van der Waals surface area contributed by atoms with E-state index in [4.69, 9.17) is 4.74 Å². The van der Waals surface area contributed by atoms with Crippen LogP contribution in [0.1, 0.15) is 75.5 Å². The Morgan fingerprint density at radius 3 is 2.38 bits per heavy atom. The van der Waals surface area contributed by atoms with Crippen molar-refractivity contribution in [1.29, 1.82) is 0 Å². The highest BCUT2D eigenvalue weighted by molar-refractivity contribution is 7.98. The zero-order valence-corrected chi connectivity index (χ0v) is 16.2. The summed E-state index contributed by atoms with van der Waals surface area (Å²) >= 11 is 2.02. The molecule has 3 rings (SSSR count). The molecule has 0 atom stereocenters. The summed E-state index contributed by atoms with van der Waals surface area (Å²) in [4.78, 5) is 0. The molecule has 2 aliphatic carbocycles. The van der Waals surface area contributed by atoms with Crippen LogP contribution in [0.15, 0.2) is 24.3 Å². The van der Waals surface area contributed by atoms with Gasteiger partial charge in [0.15, 0.2) is 0 Å². The molecule has 0 unspecified atom stereocenters. The third-order valence-corrected chi connectivity index (χ3v) is 6.02. The minimum absolute atomic E-state index is 0.562. The van der Waals surface area contributed by atoms with Crippen LogP contribution in [-0.4, -0.2) is 6.61 Å². The fourth-order valence-electron chi connectivity index (χ4n) is 3.52. The van der Waals surface area contributed by atoms with Gasteiger partial charge in [0, 0.05) is 22.6 Å². The van der Waals surface area contributed by atoms with E-state index in [1.807, 2.05) is 11.8 Å². The molecule has 2 heteroatoms. The topological polar surface area (TPSA) is 9.23 Å². The highest BCUT2D eigenvalue weighted by atomic mass is 32.2. The molecule has 0 saturated heterocycles. The molecule has 1 aliphatic heterocycles. The molecule has 0 radical (unpaired) electrons. The summed E-state index contributed by atoms with van der Waals surface area (Å²) in [6.45, 7) is 7.64. The Morgan fingerprint density at radius 1 is 0.917 bits per heavy atom. The molecule has 0 saturated carbocycles. The number of hydrogen-bond donors (Lipinski definition) is 0. The molecule has 0 amide bonds. The van der Waals surface area contributed by atoms with Gasteiger partial charge in [-0.3, -0.25) is 0 Å². The summed E-state index contributed by atoms with van der Waals surface area (Å²) in [6, 6.07) is 9.19. The first-order valence-corrected chi connectivity index (χ1v) is 10.7. The van der Waals surface area contributed by atoms with Crippen LogP contribution in [-0.2, 0) is 11.5 Å². The summed E-state index contributed by atoms with van der Waals surface area (Å²) in [5.74, 6) is 3.97. The quantitative estimate of drug-likeness (QED) is 0.477. The van der Waals surface area contributed by atoms with Crippen LogP contribution in [0.5, 0.6) is 5.75 Å². The van der Waals surface area contributed by atoms with E-state index in [1.54, 1.807) is 0 Å². The van der Waals surface area contributed by atoms with Crippen LogP contribution in [0.4, 0.5) is 0 Å². The zero-order chi connectivity index (χ0) is 16.9. The second-order valence-corrected chi connectivity index (χ2v) is 8.18. The standard InChI is InChI=1S/C22H30OS/c1-4-5-6-7-8-13-23-22-19-12-10-17(16(2)3)9-11-18(19)20-14-24-15-21(20)22/h9-12,16H,4-8,13-15H2,1-3H3. The van der Waals surface area contributed by atoms with E-state index in [0.29, 0.717) is 5.92 Å². The van der Waals surface area contributed by atoms with Crippen molar-refractivity contribution in [2.45, 2.75) is 70.3 Å². The molecule has 0 bridgehead atoms. The van der Waals surface area contributed by atoms with E-state index in [0.717, 1.165) is 18.1 Å². The van der Waals surface area contributed by atoms with Crippen molar-refractivity contribution in [1.82, 2.24) is 0 Å². The Hall–Kier alpha value is -1.15. The summed E-state index contributed by atoms with van der Waals surface area (Å²) in [5.41, 5.74) is 7.10. The molecule has 130 valence electrons. The van der Waals surface area contributed by atoms with Crippen LogP contribution in [0.3, 0.4) is 0 Å². The lowest BCUT2D eigenvalue weighted by molar-refractivity contribution is 0.304. The maximum Gasteiger partial charge on any atom is 0.131 e. The number of rotatable bonds is 8. The van der Waals surface area contributed by atoms with Gasteiger partial charge in [-0.05, 0) is 29.0 Å². The lowest BCUT2D eigenvalue weighted by Gasteiger charge is -2.09. The number of ether oxygens (including phenoxy) is 1. The Balaban J connectivity index is 1.79. The molecular formula is C22H30OS. The van der Waals surface area contributed by atoms with Crippen molar-refractivity contribution >= 4 is 11.8 Å². The van der Waals surface area contributed by atoms with Gasteiger partial charge in [-0.1, -0.05) is 70.7 Å². The van der Waals surface area contributed by atoms with Crippen molar-refractivity contribution in [2.75, 3.05) is 6.61 Å². The van der Waals surface area contributed by atoms with Gasteiger partial charge in [-0.15, -0.1) is 0 Å². The Morgan fingerprint density at radius 2 is 1.62 bits per heavy atom. The second kappa shape index (κ2) is 8.29. The number of unbranched alkanes of at least 4 members (excludes halogenated alkanes) is 4. The lowest BCUT2D eigenvalue weighted by Crippen LogP contribution is -1.98. The van der Waals surface area contributed by atoms with Gasteiger partial charge in [-0.25, -0.2) is 0 Å². The van der Waals surface area contributed by atoms with E-state index in [-0.39, 0.29) is 0 Å². The zero-order valence-electron chi connectivity index (χ0n) is 15.4. The first-order valence-electron chi connectivity index (χ1n) is 9.50. The van der Waals surface area contributed by atoms with Crippen LogP contribution in [0.2, 0.25) is 0 Å². The van der Waals surface area contributed by atoms with Crippen LogP contribution < -0.4 is 4.74 Å². The van der Waals surface area contributed by atoms with Crippen LogP contribution in [0, 0.1) is 0 Å². The maximum absolute atomic E-state index is 6.31. The number of thioether (sulfide) groups is 1. The summed E-state index contributed by atoms with van der Waals surface area (Å²) in [5, 5.41) is 0. The summed E-state index contributed by atoms with van der Waals surface area (Å²) in [6.07, 6.45) is 6.44. The molecule has 0 aromatic carbocycles. The van der Waals surface area contributed by atoms with Gasteiger partial charge < -0.3 is 4.74 Å². The van der Waals surface area contributed by atoms with E-state index in [9.17, 15) is 0 Å².